The van der Waals surface area contributed by atoms with Gasteiger partial charge in [0.2, 0.25) is 0 Å². The number of hydrogen-bond acceptors (Lipinski definition) is 2. The van der Waals surface area contributed by atoms with E-state index in [1.807, 2.05) is 26.0 Å². The lowest BCUT2D eigenvalue weighted by atomic mass is 9.85. The molecule has 7 aromatic rings. The Balaban J connectivity index is 1.45. The number of pyridine rings is 2. The third kappa shape index (κ3) is 4.24. The van der Waals surface area contributed by atoms with Gasteiger partial charge in [-0.1, -0.05) is 103 Å². The normalized spacial score (nSPS) is 11.2. The second kappa shape index (κ2) is 9.91. The van der Waals surface area contributed by atoms with E-state index in [1.54, 1.807) is 0 Å². The Morgan fingerprint density at radius 1 is 0.350 bits per heavy atom. The minimum absolute atomic E-state index is 0.996. The summed E-state index contributed by atoms with van der Waals surface area (Å²) in [5.74, 6) is 0. The molecule has 0 aliphatic carbocycles. The molecule has 7 rings (SSSR count). The highest BCUT2D eigenvalue weighted by molar-refractivity contribution is 6.21. The zero-order valence-electron chi connectivity index (χ0n) is 22.6. The quantitative estimate of drug-likeness (QED) is 0.219. The predicted molar refractivity (Wildman–Crippen MR) is 168 cm³/mol. The molecule has 2 nitrogen and oxygen atoms in total. The van der Waals surface area contributed by atoms with Crippen molar-refractivity contribution >= 4 is 21.5 Å². The Morgan fingerprint density at radius 2 is 0.775 bits per heavy atom. The molecule has 2 heterocycles. The molecule has 0 amide bonds. The van der Waals surface area contributed by atoms with Gasteiger partial charge in [0.1, 0.15) is 0 Å². The molecule has 0 unspecified atom stereocenters. The highest BCUT2D eigenvalue weighted by Crippen LogP contribution is 2.44. The van der Waals surface area contributed by atoms with E-state index in [-0.39, 0.29) is 0 Å². The van der Waals surface area contributed by atoms with Crippen LogP contribution in [0, 0.1) is 13.8 Å². The number of aryl methyl sites for hydroxylation is 2. The topological polar surface area (TPSA) is 25.8 Å². The summed E-state index contributed by atoms with van der Waals surface area (Å²) in [4.78, 5) is 9.51. The van der Waals surface area contributed by atoms with E-state index in [9.17, 15) is 0 Å². The van der Waals surface area contributed by atoms with Crippen LogP contribution in [-0.2, 0) is 0 Å². The number of aromatic nitrogens is 2. The summed E-state index contributed by atoms with van der Waals surface area (Å²) in [6, 6.07) is 47.6. The highest BCUT2D eigenvalue weighted by Gasteiger charge is 2.17. The minimum Gasteiger partial charge on any atom is -0.253 e. The Labute approximate surface area is 234 Å². The summed E-state index contributed by atoms with van der Waals surface area (Å²) < 4.78 is 0. The molecule has 0 N–H and O–H groups in total. The first-order valence-electron chi connectivity index (χ1n) is 13.7. The maximum atomic E-state index is 4.79. The van der Waals surface area contributed by atoms with Crippen LogP contribution >= 0.6 is 0 Å². The van der Waals surface area contributed by atoms with Crippen molar-refractivity contribution in [2.45, 2.75) is 13.8 Å². The van der Waals surface area contributed by atoms with Crippen LogP contribution in [0.3, 0.4) is 0 Å². The molecule has 0 aliphatic heterocycles. The number of nitrogens with zero attached hydrogens (tertiary/aromatic N) is 2. The van der Waals surface area contributed by atoms with Crippen LogP contribution in [0.1, 0.15) is 11.4 Å². The Morgan fingerprint density at radius 3 is 1.30 bits per heavy atom. The lowest BCUT2D eigenvalue weighted by molar-refractivity contribution is 1.20. The summed E-state index contributed by atoms with van der Waals surface area (Å²) in [6.45, 7) is 4.07. The molecule has 0 spiro atoms. The number of hydrogen-bond donors (Lipinski definition) is 0. The summed E-state index contributed by atoms with van der Waals surface area (Å²) >= 11 is 0. The zero-order valence-corrected chi connectivity index (χ0v) is 22.6. The lowest BCUT2D eigenvalue weighted by Crippen LogP contribution is -1.92. The van der Waals surface area contributed by atoms with E-state index in [2.05, 4.69) is 121 Å². The van der Waals surface area contributed by atoms with E-state index in [4.69, 9.17) is 9.97 Å². The second-order valence-corrected chi connectivity index (χ2v) is 10.3. The zero-order chi connectivity index (χ0) is 27.1. The van der Waals surface area contributed by atoms with Crippen LogP contribution in [0.5, 0.6) is 0 Å². The van der Waals surface area contributed by atoms with Crippen molar-refractivity contribution in [3.8, 4) is 44.8 Å². The number of rotatable bonds is 4. The van der Waals surface area contributed by atoms with E-state index in [0.29, 0.717) is 0 Å². The predicted octanol–water partition coefficient (Wildman–Crippen LogP) is 10.1. The van der Waals surface area contributed by atoms with E-state index >= 15 is 0 Å². The maximum Gasteiger partial charge on any atom is 0.0705 e. The first kappa shape index (κ1) is 24.0. The van der Waals surface area contributed by atoms with Gasteiger partial charge in [0.25, 0.3) is 0 Å². The molecule has 0 atom stereocenters. The van der Waals surface area contributed by atoms with Gasteiger partial charge in [0.15, 0.2) is 0 Å². The number of fused-ring (bicyclic) bond motifs is 2. The molecular formula is C38H28N2. The van der Waals surface area contributed by atoms with E-state index < -0.39 is 0 Å². The van der Waals surface area contributed by atoms with Gasteiger partial charge in [-0.3, -0.25) is 9.97 Å². The average Bonchev–Trinajstić information content (AvgIpc) is 3.00. The maximum absolute atomic E-state index is 4.79. The number of benzene rings is 5. The van der Waals surface area contributed by atoms with Crippen molar-refractivity contribution in [2.75, 3.05) is 0 Å². The molecule has 2 aromatic heterocycles. The van der Waals surface area contributed by atoms with Gasteiger partial charge in [0, 0.05) is 22.5 Å². The van der Waals surface area contributed by atoms with Crippen molar-refractivity contribution < 1.29 is 0 Å². The Hall–Kier alpha value is -5.08. The standard InChI is InChI=1S/C38H28N2/c1-25-10-7-18-35(39-25)27-20-22-28(23-21-27)37-31-14-3-5-16-33(31)38(34-17-6-4-15-32(34)37)30-13-9-12-29(24-30)36-19-8-11-26(2)40-36/h3-24H,1-2H3. The minimum atomic E-state index is 0.996. The van der Waals surface area contributed by atoms with Crippen LogP contribution in [-0.4, -0.2) is 9.97 Å². The first-order chi connectivity index (χ1) is 19.7. The smallest absolute Gasteiger partial charge is 0.0705 e. The van der Waals surface area contributed by atoms with Crippen molar-refractivity contribution in [3.63, 3.8) is 0 Å². The fourth-order valence-electron chi connectivity index (χ4n) is 5.80. The van der Waals surface area contributed by atoms with Crippen LogP contribution in [0.4, 0.5) is 0 Å². The highest BCUT2D eigenvalue weighted by atomic mass is 14.7. The van der Waals surface area contributed by atoms with Gasteiger partial charge in [-0.15, -0.1) is 0 Å². The summed E-state index contributed by atoms with van der Waals surface area (Å²) in [7, 11) is 0. The molecule has 5 aromatic carbocycles. The van der Waals surface area contributed by atoms with Crippen LogP contribution in [0.25, 0.3) is 66.3 Å². The molecule has 0 fully saturated rings. The molecule has 0 saturated heterocycles. The summed E-state index contributed by atoms with van der Waals surface area (Å²) in [6.07, 6.45) is 0. The molecule has 0 bridgehead atoms. The van der Waals surface area contributed by atoms with Gasteiger partial charge in [-0.2, -0.15) is 0 Å². The van der Waals surface area contributed by atoms with Crippen LogP contribution < -0.4 is 0 Å². The van der Waals surface area contributed by atoms with Crippen molar-refractivity contribution in [1.82, 2.24) is 9.97 Å². The average molecular weight is 513 g/mol. The fraction of sp³-hybridized carbons (Fsp3) is 0.0526. The summed E-state index contributed by atoms with van der Waals surface area (Å²) in [5, 5.41) is 4.98. The van der Waals surface area contributed by atoms with Gasteiger partial charge < -0.3 is 0 Å². The van der Waals surface area contributed by atoms with Crippen molar-refractivity contribution in [2.24, 2.45) is 0 Å². The molecule has 0 radical (unpaired) electrons. The van der Waals surface area contributed by atoms with Crippen LogP contribution in [0.15, 0.2) is 133 Å². The lowest BCUT2D eigenvalue weighted by Gasteiger charge is -2.18. The Bertz CT molecular complexity index is 1960. The summed E-state index contributed by atoms with van der Waals surface area (Å²) in [5.41, 5.74) is 11.2. The third-order valence-electron chi connectivity index (χ3n) is 7.62. The third-order valence-corrected chi connectivity index (χ3v) is 7.62. The fourth-order valence-corrected chi connectivity index (χ4v) is 5.80. The molecule has 0 saturated carbocycles. The van der Waals surface area contributed by atoms with Crippen molar-refractivity contribution in [3.05, 3.63) is 145 Å². The largest absolute Gasteiger partial charge is 0.253 e. The van der Waals surface area contributed by atoms with Gasteiger partial charge in [0.05, 0.1) is 11.4 Å². The van der Waals surface area contributed by atoms with E-state index in [0.717, 1.165) is 33.9 Å². The molecule has 0 aliphatic rings. The van der Waals surface area contributed by atoms with Crippen LogP contribution in [0.2, 0.25) is 0 Å². The monoisotopic (exact) mass is 512 g/mol. The van der Waals surface area contributed by atoms with Gasteiger partial charge in [-0.05, 0) is 88.0 Å². The molecule has 2 heteroatoms. The molecular weight excluding hydrogens is 484 g/mol. The first-order valence-corrected chi connectivity index (χ1v) is 13.7. The SMILES string of the molecule is Cc1cccc(-c2ccc(-c3c4ccccc4c(-c4cccc(-c5cccc(C)n5)c4)c4ccccc34)cc2)n1. The van der Waals surface area contributed by atoms with Crippen molar-refractivity contribution in [1.29, 1.82) is 0 Å². The second-order valence-electron chi connectivity index (χ2n) is 10.3. The van der Waals surface area contributed by atoms with E-state index in [1.165, 1.54) is 43.8 Å². The molecule has 40 heavy (non-hydrogen) atoms. The van der Waals surface area contributed by atoms with Gasteiger partial charge in [-0.25, -0.2) is 0 Å². The molecule has 190 valence electrons. The van der Waals surface area contributed by atoms with Gasteiger partial charge >= 0.3 is 0 Å². The Kier molecular flexibility index (Phi) is 5.94.